The molecule has 0 saturated carbocycles. The molecule has 1 atom stereocenters. The Morgan fingerprint density at radius 3 is 2.80 bits per heavy atom. The van der Waals surface area contributed by atoms with Crippen molar-refractivity contribution in [1.82, 2.24) is 9.78 Å². The monoisotopic (exact) mass is 272 g/mol. The molecule has 0 fully saturated rings. The lowest BCUT2D eigenvalue weighted by molar-refractivity contribution is -0.125. The molecule has 1 aromatic heterocycles. The van der Waals surface area contributed by atoms with Gasteiger partial charge in [0.1, 0.15) is 0 Å². The van der Waals surface area contributed by atoms with Crippen LogP contribution in [0.25, 0.3) is 0 Å². The number of carbonyl (C=O) groups is 1. The van der Waals surface area contributed by atoms with Crippen molar-refractivity contribution in [2.75, 3.05) is 5.06 Å². The average molecular weight is 272 g/mol. The van der Waals surface area contributed by atoms with E-state index in [1.807, 2.05) is 30.3 Å². The molecular formula is C14H16N4O2. The second kappa shape index (κ2) is 4.73. The zero-order valence-electron chi connectivity index (χ0n) is 11.2. The molecule has 104 valence electrons. The third-order valence-electron chi connectivity index (χ3n) is 3.62. The van der Waals surface area contributed by atoms with Crippen molar-refractivity contribution in [3.63, 3.8) is 0 Å². The first-order chi connectivity index (χ1) is 9.58. The van der Waals surface area contributed by atoms with Crippen LogP contribution in [0.5, 0.6) is 0 Å². The Kier molecular flexibility index (Phi) is 3.04. The van der Waals surface area contributed by atoms with E-state index in [9.17, 15) is 10.0 Å². The fourth-order valence-electron chi connectivity index (χ4n) is 2.55. The zero-order valence-corrected chi connectivity index (χ0v) is 11.2. The van der Waals surface area contributed by atoms with Crippen LogP contribution in [-0.2, 0) is 24.7 Å². The number of carbonyl (C=O) groups excluding carboxylic acids is 1. The number of aromatic nitrogens is 2. The Hall–Kier alpha value is -2.18. The fourth-order valence-corrected chi connectivity index (χ4v) is 2.55. The maximum Gasteiger partial charge on any atom is 0.269 e. The quantitative estimate of drug-likeness (QED) is 0.785. The van der Waals surface area contributed by atoms with Crippen molar-refractivity contribution in [3.8, 4) is 0 Å². The van der Waals surface area contributed by atoms with Crippen LogP contribution in [0.3, 0.4) is 0 Å². The van der Waals surface area contributed by atoms with Crippen LogP contribution in [0.1, 0.15) is 16.8 Å². The summed E-state index contributed by atoms with van der Waals surface area (Å²) in [6.07, 6.45) is 1.09. The largest absolute Gasteiger partial charge is 0.320 e. The first-order valence-electron chi connectivity index (χ1n) is 6.45. The Labute approximate surface area is 116 Å². The highest BCUT2D eigenvalue weighted by Crippen LogP contribution is 2.29. The lowest BCUT2D eigenvalue weighted by atomic mass is 9.98. The van der Waals surface area contributed by atoms with Crippen LogP contribution in [0.15, 0.2) is 30.3 Å². The second-order valence-corrected chi connectivity index (χ2v) is 5.00. The van der Waals surface area contributed by atoms with Crippen LogP contribution in [0, 0.1) is 0 Å². The van der Waals surface area contributed by atoms with Gasteiger partial charge in [-0.05, 0) is 5.56 Å². The standard InChI is InChI=1S/C14H16N4O2/c1-17-12(7-9-5-3-2-4-6-9)10-8-11(15)14(19)18(20)13(10)16-17/h2-6,11,20H,7-8,15H2,1H3/t11-/m1/s1. The second-order valence-electron chi connectivity index (χ2n) is 5.00. The van der Waals surface area contributed by atoms with E-state index in [0.717, 1.165) is 16.8 Å². The number of nitrogens with zero attached hydrogens (tertiary/aromatic N) is 3. The number of amides is 1. The molecule has 2 heterocycles. The van der Waals surface area contributed by atoms with Gasteiger partial charge in [-0.25, -0.2) is 0 Å². The number of rotatable bonds is 2. The number of hydrogen-bond acceptors (Lipinski definition) is 4. The van der Waals surface area contributed by atoms with E-state index >= 15 is 0 Å². The van der Waals surface area contributed by atoms with Gasteiger partial charge in [-0.2, -0.15) is 10.2 Å². The Balaban J connectivity index is 2.01. The first kappa shape index (κ1) is 12.8. The highest BCUT2D eigenvalue weighted by Gasteiger charge is 2.34. The number of hydroxylamine groups is 1. The smallest absolute Gasteiger partial charge is 0.269 e. The zero-order chi connectivity index (χ0) is 14.3. The van der Waals surface area contributed by atoms with E-state index in [2.05, 4.69) is 5.10 Å². The van der Waals surface area contributed by atoms with E-state index < -0.39 is 11.9 Å². The van der Waals surface area contributed by atoms with Gasteiger partial charge in [-0.1, -0.05) is 30.3 Å². The number of hydrogen-bond donors (Lipinski definition) is 2. The minimum absolute atomic E-state index is 0.296. The van der Waals surface area contributed by atoms with E-state index in [0.29, 0.717) is 23.7 Å². The summed E-state index contributed by atoms with van der Waals surface area (Å²) >= 11 is 0. The van der Waals surface area contributed by atoms with Crippen molar-refractivity contribution in [3.05, 3.63) is 47.2 Å². The number of fused-ring (bicyclic) bond motifs is 1. The minimum Gasteiger partial charge on any atom is -0.320 e. The normalized spacial score (nSPS) is 18.2. The van der Waals surface area contributed by atoms with Crippen molar-refractivity contribution in [2.45, 2.75) is 18.9 Å². The van der Waals surface area contributed by atoms with Gasteiger partial charge in [0.15, 0.2) is 5.82 Å². The van der Waals surface area contributed by atoms with Gasteiger partial charge in [0.25, 0.3) is 5.91 Å². The van der Waals surface area contributed by atoms with E-state index in [1.165, 1.54) is 0 Å². The summed E-state index contributed by atoms with van der Waals surface area (Å²) in [7, 11) is 1.81. The van der Waals surface area contributed by atoms with Gasteiger partial charge in [-0.15, -0.1) is 0 Å². The summed E-state index contributed by atoms with van der Waals surface area (Å²) in [6, 6.07) is 9.27. The molecule has 1 aliphatic heterocycles. The highest BCUT2D eigenvalue weighted by molar-refractivity contribution is 5.97. The molecular weight excluding hydrogens is 256 g/mol. The van der Waals surface area contributed by atoms with E-state index in [4.69, 9.17) is 5.73 Å². The van der Waals surface area contributed by atoms with Gasteiger partial charge < -0.3 is 5.73 Å². The van der Waals surface area contributed by atoms with Crippen LogP contribution in [0.4, 0.5) is 5.82 Å². The number of anilines is 1. The third kappa shape index (κ3) is 1.99. The van der Waals surface area contributed by atoms with Gasteiger partial charge in [0.2, 0.25) is 0 Å². The Bertz CT molecular complexity index is 651. The molecule has 3 rings (SSSR count). The molecule has 0 aliphatic carbocycles. The van der Waals surface area contributed by atoms with Crippen LogP contribution in [0.2, 0.25) is 0 Å². The lowest BCUT2D eigenvalue weighted by Gasteiger charge is -2.24. The van der Waals surface area contributed by atoms with E-state index in [-0.39, 0.29) is 0 Å². The Morgan fingerprint density at radius 1 is 1.40 bits per heavy atom. The predicted molar refractivity (Wildman–Crippen MR) is 73.4 cm³/mol. The van der Waals surface area contributed by atoms with Crippen LogP contribution in [-0.4, -0.2) is 26.9 Å². The fraction of sp³-hybridized carbons (Fsp3) is 0.286. The van der Waals surface area contributed by atoms with Gasteiger partial charge >= 0.3 is 0 Å². The summed E-state index contributed by atoms with van der Waals surface area (Å²) in [5, 5.41) is 14.6. The van der Waals surface area contributed by atoms with Gasteiger partial charge in [0.05, 0.1) is 6.04 Å². The van der Waals surface area contributed by atoms with Gasteiger partial charge in [-0.3, -0.25) is 14.7 Å². The van der Waals surface area contributed by atoms with Crippen LogP contribution >= 0.6 is 0 Å². The summed E-state index contributed by atoms with van der Waals surface area (Å²) in [5.41, 5.74) is 8.72. The lowest BCUT2D eigenvalue weighted by Crippen LogP contribution is -2.47. The number of aryl methyl sites for hydroxylation is 1. The molecule has 6 heteroatoms. The summed E-state index contributed by atoms with van der Waals surface area (Å²) in [5.74, 6) is -0.216. The molecule has 20 heavy (non-hydrogen) atoms. The predicted octanol–water partition coefficient (Wildman–Crippen LogP) is 0.617. The van der Waals surface area contributed by atoms with Crippen LogP contribution < -0.4 is 10.8 Å². The SMILES string of the molecule is Cn1nc2c(c1Cc1ccccc1)C[C@@H](N)C(=O)N2O. The number of benzene rings is 1. The molecule has 1 amide bonds. The summed E-state index contributed by atoms with van der Waals surface area (Å²) in [4.78, 5) is 11.7. The topological polar surface area (TPSA) is 84.4 Å². The average Bonchev–Trinajstić information content (AvgIpc) is 2.75. The number of nitrogens with two attached hydrogens (primary N) is 1. The molecule has 0 bridgehead atoms. The molecule has 2 aromatic rings. The van der Waals surface area contributed by atoms with Gasteiger partial charge in [0, 0.05) is 31.1 Å². The molecule has 1 aliphatic rings. The maximum absolute atomic E-state index is 11.7. The summed E-state index contributed by atoms with van der Waals surface area (Å²) < 4.78 is 1.70. The molecule has 6 nitrogen and oxygen atoms in total. The molecule has 0 spiro atoms. The first-order valence-corrected chi connectivity index (χ1v) is 6.45. The van der Waals surface area contributed by atoms with Crippen molar-refractivity contribution >= 4 is 11.7 Å². The third-order valence-corrected chi connectivity index (χ3v) is 3.62. The molecule has 3 N–H and O–H groups in total. The van der Waals surface area contributed by atoms with Crippen molar-refractivity contribution in [2.24, 2.45) is 12.8 Å². The van der Waals surface area contributed by atoms with Crippen molar-refractivity contribution < 1.29 is 10.0 Å². The molecule has 0 unspecified atom stereocenters. The minimum atomic E-state index is -0.716. The van der Waals surface area contributed by atoms with E-state index in [1.54, 1.807) is 11.7 Å². The Morgan fingerprint density at radius 2 is 2.10 bits per heavy atom. The molecule has 1 aromatic carbocycles. The maximum atomic E-state index is 11.7. The molecule has 0 saturated heterocycles. The van der Waals surface area contributed by atoms with Crippen molar-refractivity contribution in [1.29, 1.82) is 0 Å². The summed E-state index contributed by atoms with van der Waals surface area (Å²) in [6.45, 7) is 0. The molecule has 0 radical (unpaired) electrons. The highest BCUT2D eigenvalue weighted by atomic mass is 16.5.